The van der Waals surface area contributed by atoms with Gasteiger partial charge in [0.2, 0.25) is 0 Å². The molecule has 2 N–H and O–H groups in total. The predicted octanol–water partition coefficient (Wildman–Crippen LogP) is 2.76. The molecular weight excluding hydrogens is 400 g/mol. The van der Waals surface area contributed by atoms with Crippen molar-refractivity contribution in [2.75, 3.05) is 6.61 Å². The molecule has 7 nitrogen and oxygen atoms in total. The average molecular weight is 439 g/mol. The molecule has 0 aromatic carbocycles. The molecule has 1 spiro atoms. The lowest BCUT2D eigenvalue weighted by Crippen LogP contribution is -2.73. The maximum atomic E-state index is 13.5. The van der Waals surface area contributed by atoms with Crippen LogP contribution in [0, 0.1) is 28.6 Å². The zero-order valence-electron chi connectivity index (χ0n) is 19.2. The van der Waals surface area contributed by atoms with Gasteiger partial charge in [0.25, 0.3) is 0 Å². The highest BCUT2D eigenvalue weighted by atomic mass is 16.7. The molecule has 7 heteroatoms. The average Bonchev–Trinajstić information content (AvgIpc) is 3.27. The zero-order chi connectivity index (χ0) is 22.2. The summed E-state index contributed by atoms with van der Waals surface area (Å²) in [5, 5.41) is 21.3. The van der Waals surface area contributed by atoms with E-state index >= 15 is 0 Å². The molecule has 1 saturated heterocycles. The lowest BCUT2D eigenvalue weighted by atomic mass is 9.41. The van der Waals surface area contributed by atoms with Gasteiger partial charge in [0, 0.05) is 11.3 Å². The molecule has 1 heterocycles. The Labute approximate surface area is 184 Å². The Morgan fingerprint density at radius 2 is 1.87 bits per heavy atom. The summed E-state index contributed by atoms with van der Waals surface area (Å²) in [5.41, 5.74) is -1.84. The largest absolute Gasteiger partial charge is 0.459 e. The van der Waals surface area contributed by atoms with Gasteiger partial charge in [0.1, 0.15) is 11.0 Å². The number of esters is 1. The third-order valence-corrected chi connectivity index (χ3v) is 9.34. The molecule has 0 aromatic heterocycles. The Bertz CT molecular complexity index is 719. The molecule has 6 rings (SSSR count). The summed E-state index contributed by atoms with van der Waals surface area (Å²) in [6, 6.07) is 0. The van der Waals surface area contributed by atoms with Crippen LogP contribution in [-0.4, -0.2) is 59.3 Å². The number of carbonyl (C=O) groups is 1. The van der Waals surface area contributed by atoms with Gasteiger partial charge in [-0.25, -0.2) is 0 Å². The van der Waals surface area contributed by atoms with E-state index in [-0.39, 0.29) is 36.8 Å². The molecule has 5 aliphatic carbocycles. The zero-order valence-corrected chi connectivity index (χ0v) is 19.2. The van der Waals surface area contributed by atoms with Crippen molar-refractivity contribution in [1.82, 2.24) is 0 Å². The van der Waals surface area contributed by atoms with Crippen LogP contribution < -0.4 is 0 Å². The van der Waals surface area contributed by atoms with Crippen molar-refractivity contribution in [3.63, 3.8) is 0 Å². The minimum atomic E-state index is -1.17. The van der Waals surface area contributed by atoms with Crippen molar-refractivity contribution in [3.05, 3.63) is 0 Å². The van der Waals surface area contributed by atoms with Crippen molar-refractivity contribution < 1.29 is 34.0 Å². The fraction of sp³-hybridized carbons (Fsp3) is 0.958. The van der Waals surface area contributed by atoms with Gasteiger partial charge in [0.05, 0.1) is 24.9 Å². The van der Waals surface area contributed by atoms with Gasteiger partial charge in [-0.2, -0.15) is 0 Å². The van der Waals surface area contributed by atoms with Crippen LogP contribution in [0.3, 0.4) is 0 Å². The lowest BCUT2D eigenvalue weighted by molar-refractivity contribution is -0.320. The summed E-state index contributed by atoms with van der Waals surface area (Å²) >= 11 is 0. The highest BCUT2D eigenvalue weighted by Crippen LogP contribution is 2.85. The lowest BCUT2D eigenvalue weighted by Gasteiger charge is -2.65. The molecule has 31 heavy (non-hydrogen) atoms. The van der Waals surface area contributed by atoms with E-state index in [1.807, 2.05) is 13.8 Å². The highest BCUT2D eigenvalue weighted by molar-refractivity contribution is 5.82. The molecule has 9 unspecified atom stereocenters. The molecule has 0 radical (unpaired) electrons. The highest BCUT2D eigenvalue weighted by Gasteiger charge is 2.92. The van der Waals surface area contributed by atoms with Crippen LogP contribution in [0.25, 0.3) is 0 Å². The number of hydrogen-bond donors (Lipinski definition) is 2. The van der Waals surface area contributed by atoms with Gasteiger partial charge in [0.15, 0.2) is 12.6 Å². The Hall–Kier alpha value is -0.730. The van der Waals surface area contributed by atoms with Crippen molar-refractivity contribution in [3.8, 4) is 0 Å². The Kier molecular flexibility index (Phi) is 5.26. The van der Waals surface area contributed by atoms with E-state index in [2.05, 4.69) is 13.8 Å². The molecule has 6 fully saturated rings. The molecule has 1 aliphatic heterocycles. The molecule has 0 aromatic rings. The second-order valence-electron chi connectivity index (χ2n) is 11.4. The molecule has 2 bridgehead atoms. The first-order valence-corrected chi connectivity index (χ1v) is 12.2. The van der Waals surface area contributed by atoms with Gasteiger partial charge < -0.3 is 29.2 Å². The quantitative estimate of drug-likeness (QED) is 0.444. The fourth-order valence-corrected chi connectivity index (χ4v) is 7.40. The molecule has 176 valence electrons. The molecule has 9 atom stereocenters. The van der Waals surface area contributed by atoms with Gasteiger partial charge >= 0.3 is 5.97 Å². The van der Waals surface area contributed by atoms with E-state index in [1.54, 1.807) is 0 Å². The van der Waals surface area contributed by atoms with E-state index in [0.29, 0.717) is 18.3 Å². The monoisotopic (exact) mass is 438 g/mol. The normalized spacial score (nSPS) is 46.1. The SMILES string of the molecule is CC(C)C(C)OCC(O)OC1C2OC(O)C3(C(=O)OC4(C)CCCCC4)CC4CC23C41. The van der Waals surface area contributed by atoms with Crippen molar-refractivity contribution >= 4 is 5.97 Å². The Balaban J connectivity index is 1.27. The minimum absolute atomic E-state index is 0.0268. The predicted molar refractivity (Wildman–Crippen MR) is 111 cm³/mol. The first-order chi connectivity index (χ1) is 14.6. The summed E-state index contributed by atoms with van der Waals surface area (Å²) in [6.07, 6.45) is 3.63. The van der Waals surface area contributed by atoms with E-state index in [1.165, 1.54) is 6.42 Å². The second kappa shape index (κ2) is 7.39. The van der Waals surface area contributed by atoms with Crippen LogP contribution in [0.4, 0.5) is 0 Å². The van der Waals surface area contributed by atoms with Crippen LogP contribution in [0.15, 0.2) is 0 Å². The smallest absolute Gasteiger partial charge is 0.318 e. The van der Waals surface area contributed by atoms with Gasteiger partial charge in [-0.15, -0.1) is 0 Å². The van der Waals surface area contributed by atoms with Crippen molar-refractivity contribution in [1.29, 1.82) is 0 Å². The third-order valence-electron chi connectivity index (χ3n) is 9.34. The maximum absolute atomic E-state index is 13.5. The summed E-state index contributed by atoms with van der Waals surface area (Å²) in [4.78, 5) is 13.5. The molecule has 0 amide bonds. The molecule has 6 aliphatic rings. The van der Waals surface area contributed by atoms with E-state index in [4.69, 9.17) is 18.9 Å². The van der Waals surface area contributed by atoms with E-state index in [0.717, 1.165) is 32.1 Å². The summed E-state index contributed by atoms with van der Waals surface area (Å²) < 4.78 is 23.7. The van der Waals surface area contributed by atoms with E-state index < -0.39 is 29.0 Å². The van der Waals surface area contributed by atoms with Crippen LogP contribution in [0.2, 0.25) is 0 Å². The standard InChI is InChI=1S/C24H38O7/c1-13(2)14(3)28-12-16(25)29-18-17-15-10-23(17)19(18)30-20(26)24(23,11-15)21(27)31-22(4)8-6-5-7-9-22/h13-20,25-26H,5-12H2,1-4H3. The Morgan fingerprint density at radius 1 is 1.16 bits per heavy atom. The van der Waals surface area contributed by atoms with Crippen molar-refractivity contribution in [2.45, 2.75) is 109 Å². The van der Waals surface area contributed by atoms with Gasteiger partial charge in [-0.1, -0.05) is 20.3 Å². The van der Waals surface area contributed by atoms with Crippen LogP contribution in [-0.2, 0) is 23.7 Å². The fourth-order valence-electron chi connectivity index (χ4n) is 7.40. The third kappa shape index (κ3) is 2.92. The summed E-state index contributed by atoms with van der Waals surface area (Å²) in [7, 11) is 0. The van der Waals surface area contributed by atoms with Crippen LogP contribution in [0.5, 0.6) is 0 Å². The minimum Gasteiger partial charge on any atom is -0.459 e. The number of hydrogen-bond acceptors (Lipinski definition) is 7. The second-order valence-corrected chi connectivity index (χ2v) is 11.4. The number of aliphatic hydroxyl groups excluding tert-OH is 2. The van der Waals surface area contributed by atoms with Crippen LogP contribution >= 0.6 is 0 Å². The van der Waals surface area contributed by atoms with Crippen molar-refractivity contribution in [2.24, 2.45) is 28.6 Å². The number of rotatable bonds is 8. The maximum Gasteiger partial charge on any atom is 0.318 e. The first-order valence-electron chi connectivity index (χ1n) is 12.2. The Morgan fingerprint density at radius 3 is 2.55 bits per heavy atom. The summed E-state index contributed by atoms with van der Waals surface area (Å²) in [6.45, 7) is 8.24. The van der Waals surface area contributed by atoms with Gasteiger partial charge in [-0.05, 0) is 64.2 Å². The molecule has 5 saturated carbocycles. The van der Waals surface area contributed by atoms with E-state index in [9.17, 15) is 15.0 Å². The van der Waals surface area contributed by atoms with Crippen LogP contribution in [0.1, 0.15) is 72.6 Å². The number of carbonyl (C=O) groups excluding carboxylic acids is 1. The number of aliphatic hydroxyl groups is 2. The first kappa shape index (κ1) is 22.1. The summed E-state index contributed by atoms with van der Waals surface area (Å²) in [5.74, 6) is 0.491. The number of ether oxygens (including phenoxy) is 4. The van der Waals surface area contributed by atoms with Gasteiger partial charge in [-0.3, -0.25) is 4.79 Å². The molecular formula is C24H38O7. The topological polar surface area (TPSA) is 94.5 Å².